The number of sulfonamides is 1. The van der Waals surface area contributed by atoms with Crippen molar-refractivity contribution < 1.29 is 17.9 Å². The van der Waals surface area contributed by atoms with E-state index in [0.717, 1.165) is 12.0 Å². The van der Waals surface area contributed by atoms with Crippen LogP contribution in [0, 0.1) is 0 Å². The zero-order chi connectivity index (χ0) is 19.2. The van der Waals surface area contributed by atoms with E-state index >= 15 is 0 Å². The highest BCUT2D eigenvalue weighted by molar-refractivity contribution is 7.89. The Bertz CT molecular complexity index is 1010. The van der Waals surface area contributed by atoms with Gasteiger partial charge in [0.05, 0.1) is 29.6 Å². The highest BCUT2D eigenvalue weighted by Crippen LogP contribution is 2.35. The summed E-state index contributed by atoms with van der Waals surface area (Å²) in [4.78, 5) is 14.5. The maximum absolute atomic E-state index is 13.1. The molecule has 2 aromatic rings. The van der Waals surface area contributed by atoms with Crippen LogP contribution in [-0.4, -0.2) is 50.3 Å². The van der Waals surface area contributed by atoms with E-state index < -0.39 is 10.0 Å². The first-order valence-corrected chi connectivity index (χ1v) is 10.4. The average molecular weight is 407 g/mol. The number of carbonyl (C=O) groups is 1. The molecule has 0 unspecified atom stereocenters. The van der Waals surface area contributed by atoms with Crippen molar-refractivity contribution in [3.05, 3.63) is 58.6 Å². The quantitative estimate of drug-likeness (QED) is 0.785. The molecule has 0 bridgehead atoms. The number of fused-ring (bicyclic) bond motifs is 3. The molecule has 27 heavy (non-hydrogen) atoms. The van der Waals surface area contributed by atoms with Gasteiger partial charge in [-0.05, 0) is 35.7 Å². The Morgan fingerprint density at radius 3 is 2.70 bits per heavy atom. The number of piperazine rings is 1. The van der Waals surface area contributed by atoms with E-state index in [0.29, 0.717) is 12.3 Å². The Balaban J connectivity index is 1.69. The second-order valence-corrected chi connectivity index (χ2v) is 8.99. The van der Waals surface area contributed by atoms with Crippen molar-refractivity contribution in [2.45, 2.75) is 17.4 Å². The van der Waals surface area contributed by atoms with Gasteiger partial charge in [0.2, 0.25) is 15.9 Å². The van der Waals surface area contributed by atoms with Gasteiger partial charge in [-0.1, -0.05) is 35.9 Å². The van der Waals surface area contributed by atoms with Crippen LogP contribution in [0.5, 0.6) is 5.75 Å². The van der Waals surface area contributed by atoms with E-state index in [1.165, 1.54) is 35.2 Å². The number of carbonyl (C=O) groups excluding carboxylic acids is 1. The molecule has 2 heterocycles. The van der Waals surface area contributed by atoms with Crippen LogP contribution in [0.15, 0.2) is 47.4 Å². The summed E-state index contributed by atoms with van der Waals surface area (Å²) in [5.74, 6) is 0.224. The van der Waals surface area contributed by atoms with E-state index in [9.17, 15) is 13.2 Å². The summed E-state index contributed by atoms with van der Waals surface area (Å²) in [7, 11) is -2.38. The predicted molar refractivity (Wildman–Crippen MR) is 101 cm³/mol. The summed E-state index contributed by atoms with van der Waals surface area (Å²) in [5.41, 5.74) is 2.18. The summed E-state index contributed by atoms with van der Waals surface area (Å²) in [5, 5.41) is 0.214. The minimum atomic E-state index is -3.85. The van der Waals surface area contributed by atoms with E-state index in [-0.39, 0.29) is 35.0 Å². The number of hydrogen-bond donors (Lipinski definition) is 0. The zero-order valence-corrected chi connectivity index (χ0v) is 16.3. The molecule has 142 valence electrons. The van der Waals surface area contributed by atoms with E-state index in [1.54, 1.807) is 4.90 Å². The van der Waals surface area contributed by atoms with E-state index in [2.05, 4.69) is 0 Å². The van der Waals surface area contributed by atoms with Crippen LogP contribution in [-0.2, 0) is 21.2 Å². The second-order valence-electron chi connectivity index (χ2n) is 6.65. The Morgan fingerprint density at radius 2 is 1.96 bits per heavy atom. The molecule has 0 saturated carbocycles. The Hall–Kier alpha value is -2.09. The molecular formula is C19H19ClN2O4S. The van der Waals surface area contributed by atoms with Gasteiger partial charge in [0, 0.05) is 13.1 Å². The van der Waals surface area contributed by atoms with Gasteiger partial charge < -0.3 is 9.64 Å². The molecule has 1 amide bonds. The SMILES string of the molecule is COc1ccc(S(=O)(=O)N2CC(=O)N3CCc4ccccc4[C@H]3C2)cc1Cl. The van der Waals surface area contributed by atoms with Gasteiger partial charge in [-0.25, -0.2) is 8.42 Å². The average Bonchev–Trinajstić information content (AvgIpc) is 2.67. The number of benzene rings is 2. The van der Waals surface area contributed by atoms with Crippen molar-refractivity contribution in [3.63, 3.8) is 0 Å². The molecule has 2 aliphatic heterocycles. The Kier molecular flexibility index (Phi) is 4.61. The fraction of sp³-hybridized carbons (Fsp3) is 0.316. The van der Waals surface area contributed by atoms with Crippen molar-refractivity contribution in [2.75, 3.05) is 26.7 Å². The van der Waals surface area contributed by atoms with E-state index in [1.807, 2.05) is 24.3 Å². The van der Waals surface area contributed by atoms with Crippen molar-refractivity contribution >= 4 is 27.5 Å². The lowest BCUT2D eigenvalue weighted by atomic mass is 9.91. The van der Waals surface area contributed by atoms with Crippen LogP contribution in [0.1, 0.15) is 17.2 Å². The molecule has 6 nitrogen and oxygen atoms in total. The molecule has 1 saturated heterocycles. The summed E-state index contributed by atoms with van der Waals surface area (Å²) < 4.78 is 32.6. The van der Waals surface area contributed by atoms with Crippen molar-refractivity contribution in [1.29, 1.82) is 0 Å². The fourth-order valence-electron chi connectivity index (χ4n) is 3.79. The number of nitrogens with zero attached hydrogens (tertiary/aromatic N) is 2. The number of methoxy groups -OCH3 is 1. The summed E-state index contributed by atoms with van der Waals surface area (Å²) in [6.07, 6.45) is 0.791. The van der Waals surface area contributed by atoms with Crippen LogP contribution in [0.3, 0.4) is 0 Å². The topological polar surface area (TPSA) is 66.9 Å². The van der Waals surface area contributed by atoms with Gasteiger partial charge in [-0.3, -0.25) is 4.79 Å². The minimum Gasteiger partial charge on any atom is -0.495 e. The molecule has 2 aromatic carbocycles. The highest BCUT2D eigenvalue weighted by atomic mass is 35.5. The van der Waals surface area contributed by atoms with Crippen LogP contribution >= 0.6 is 11.6 Å². The molecular weight excluding hydrogens is 388 g/mol. The first-order valence-electron chi connectivity index (χ1n) is 8.63. The molecule has 4 rings (SSSR count). The predicted octanol–water partition coefficient (Wildman–Crippen LogP) is 2.48. The van der Waals surface area contributed by atoms with Crippen molar-refractivity contribution in [3.8, 4) is 5.75 Å². The van der Waals surface area contributed by atoms with Crippen molar-refractivity contribution in [1.82, 2.24) is 9.21 Å². The Morgan fingerprint density at radius 1 is 1.19 bits per heavy atom. The van der Waals surface area contributed by atoms with Gasteiger partial charge >= 0.3 is 0 Å². The molecule has 2 aliphatic rings. The Labute approximate surface area is 163 Å². The van der Waals surface area contributed by atoms with Crippen molar-refractivity contribution in [2.24, 2.45) is 0 Å². The van der Waals surface area contributed by atoms with Gasteiger partial charge in [0.25, 0.3) is 0 Å². The molecule has 8 heteroatoms. The minimum absolute atomic E-state index is 0.0543. The lowest BCUT2D eigenvalue weighted by molar-refractivity contribution is -0.138. The van der Waals surface area contributed by atoms with Crippen LogP contribution < -0.4 is 4.74 Å². The standard InChI is InChI=1S/C19H19ClN2O4S/c1-26-18-7-6-14(10-16(18)20)27(24,25)21-11-17-15-5-3-2-4-13(15)8-9-22(17)19(23)12-21/h2-7,10,17H,8-9,11-12H2,1H3/t17-/m1/s1. The van der Waals surface area contributed by atoms with Crippen LogP contribution in [0.4, 0.5) is 0 Å². The number of ether oxygens (including phenoxy) is 1. The zero-order valence-electron chi connectivity index (χ0n) is 14.8. The normalized spacial score (nSPS) is 20.1. The summed E-state index contributed by atoms with van der Waals surface area (Å²) in [6, 6.07) is 12.0. The molecule has 0 N–H and O–H groups in total. The first-order chi connectivity index (χ1) is 12.9. The van der Waals surface area contributed by atoms with Crippen LogP contribution in [0.25, 0.3) is 0 Å². The van der Waals surface area contributed by atoms with Gasteiger partial charge in [0.1, 0.15) is 5.75 Å². The molecule has 1 fully saturated rings. The summed E-state index contributed by atoms with van der Waals surface area (Å²) in [6.45, 7) is 0.683. The number of rotatable bonds is 3. The van der Waals surface area contributed by atoms with Gasteiger partial charge in [-0.2, -0.15) is 4.31 Å². The maximum Gasteiger partial charge on any atom is 0.243 e. The van der Waals surface area contributed by atoms with Gasteiger partial charge in [0.15, 0.2) is 0 Å². The third kappa shape index (κ3) is 3.09. The lowest BCUT2D eigenvalue weighted by Gasteiger charge is -2.44. The highest BCUT2D eigenvalue weighted by Gasteiger charge is 2.41. The molecule has 0 spiro atoms. The first kappa shape index (κ1) is 18.3. The monoisotopic (exact) mass is 406 g/mol. The smallest absolute Gasteiger partial charge is 0.243 e. The number of halogens is 1. The van der Waals surface area contributed by atoms with E-state index in [4.69, 9.17) is 16.3 Å². The number of amides is 1. The fourth-order valence-corrected chi connectivity index (χ4v) is 5.53. The molecule has 0 aromatic heterocycles. The molecule has 0 radical (unpaired) electrons. The number of hydrogen-bond acceptors (Lipinski definition) is 4. The third-order valence-electron chi connectivity index (χ3n) is 5.18. The van der Waals surface area contributed by atoms with Crippen LogP contribution in [0.2, 0.25) is 5.02 Å². The largest absolute Gasteiger partial charge is 0.495 e. The molecule has 0 aliphatic carbocycles. The maximum atomic E-state index is 13.1. The second kappa shape index (κ2) is 6.82. The molecule has 1 atom stereocenters. The lowest BCUT2D eigenvalue weighted by Crippen LogP contribution is -2.55. The summed E-state index contributed by atoms with van der Waals surface area (Å²) >= 11 is 6.10. The van der Waals surface area contributed by atoms with Gasteiger partial charge in [-0.15, -0.1) is 0 Å². The third-order valence-corrected chi connectivity index (χ3v) is 7.28.